The normalized spacial score (nSPS) is 30.6. The molecule has 0 unspecified atom stereocenters. The van der Waals surface area contributed by atoms with Gasteiger partial charge in [0, 0.05) is 36.3 Å². The van der Waals surface area contributed by atoms with Crippen LogP contribution in [0, 0.1) is 25.7 Å². The van der Waals surface area contributed by atoms with Gasteiger partial charge in [0.05, 0.1) is 12.5 Å². The van der Waals surface area contributed by atoms with Crippen LogP contribution in [0.4, 0.5) is 5.69 Å². The minimum Gasteiger partial charge on any atom is -0.455 e. The maximum atomic E-state index is 14.9. The van der Waals surface area contributed by atoms with E-state index in [1.165, 1.54) is 4.90 Å². The molecule has 4 heterocycles. The summed E-state index contributed by atoms with van der Waals surface area (Å²) >= 11 is 3.58. The molecule has 2 aromatic rings. The summed E-state index contributed by atoms with van der Waals surface area (Å²) in [6.45, 7) is 4.06. The molecule has 4 aliphatic rings. The number of hydrogen-bond donors (Lipinski definition) is 2. The molecule has 0 aromatic heterocycles. The first-order chi connectivity index (χ1) is 22.2. The number of fused-ring (bicyclic) bond motifs is 2. The predicted octanol–water partition coefficient (Wildman–Crippen LogP) is 3.64. The number of rotatable bonds is 5. The van der Waals surface area contributed by atoms with Crippen LogP contribution in [-0.2, 0) is 28.7 Å². The van der Waals surface area contributed by atoms with E-state index in [1.54, 1.807) is 11.0 Å². The van der Waals surface area contributed by atoms with Crippen LogP contribution in [-0.4, -0.2) is 77.7 Å². The number of esters is 1. The van der Waals surface area contributed by atoms with Crippen molar-refractivity contribution in [3.63, 3.8) is 0 Å². The molecule has 1 spiro atoms. The van der Waals surface area contributed by atoms with Gasteiger partial charge >= 0.3 is 5.97 Å². The molecule has 10 nitrogen and oxygen atoms in total. The molecule has 0 aliphatic carbocycles. The smallest absolute Gasteiger partial charge is 0.313 e. The monoisotopic (exact) mass is 691 g/mol. The first kappa shape index (κ1) is 32.2. The molecule has 0 saturated carbocycles. The van der Waals surface area contributed by atoms with Crippen molar-refractivity contribution < 1.29 is 33.8 Å². The second kappa shape index (κ2) is 13.1. The largest absolute Gasteiger partial charge is 0.455 e. The van der Waals surface area contributed by atoms with Crippen LogP contribution >= 0.6 is 15.9 Å². The SMILES string of the molecule is Cc1ccc(C)c(N2C/C=C\CCC(=O)NC[C@@H](c3ccccc3)OC(=O)[C@@H]3[C@H]4O[C@@]5(C=C4Br)[C@H](C2=O)N(CCCO)C(=O)[C@@H]35)c1. The molecule has 2 fully saturated rings. The quantitative estimate of drug-likeness (QED) is 0.362. The lowest BCUT2D eigenvalue weighted by molar-refractivity contribution is -0.159. The Balaban J connectivity index is 1.46. The maximum Gasteiger partial charge on any atom is 0.313 e. The Morgan fingerprint density at radius 3 is 2.59 bits per heavy atom. The lowest BCUT2D eigenvalue weighted by Gasteiger charge is -2.36. The van der Waals surface area contributed by atoms with E-state index in [-0.39, 0.29) is 50.9 Å². The third-order valence-electron chi connectivity index (χ3n) is 9.32. The Labute approximate surface area is 276 Å². The highest BCUT2D eigenvalue weighted by Crippen LogP contribution is 2.59. The number of aryl methyl sites for hydroxylation is 2. The van der Waals surface area contributed by atoms with Crippen molar-refractivity contribution in [2.45, 2.75) is 57.0 Å². The Morgan fingerprint density at radius 1 is 1.04 bits per heavy atom. The van der Waals surface area contributed by atoms with Crippen LogP contribution < -0.4 is 10.2 Å². The average molecular weight is 693 g/mol. The molecule has 2 aromatic carbocycles. The topological polar surface area (TPSA) is 125 Å². The van der Waals surface area contributed by atoms with Crippen LogP contribution in [0.5, 0.6) is 0 Å². The number of hydrogen-bond acceptors (Lipinski definition) is 7. The van der Waals surface area contributed by atoms with Crippen molar-refractivity contribution in [2.24, 2.45) is 11.8 Å². The number of halogens is 1. The number of allylic oxidation sites excluding steroid dienone is 1. The summed E-state index contributed by atoms with van der Waals surface area (Å²) in [7, 11) is 0. The van der Waals surface area contributed by atoms with Crippen LogP contribution in [0.2, 0.25) is 0 Å². The molecule has 5 bridgehead atoms. The van der Waals surface area contributed by atoms with Gasteiger partial charge < -0.3 is 29.7 Å². The lowest BCUT2D eigenvalue weighted by atomic mass is 9.74. The third kappa shape index (κ3) is 5.69. The Morgan fingerprint density at radius 2 is 1.83 bits per heavy atom. The molecule has 6 atom stereocenters. The van der Waals surface area contributed by atoms with Crippen molar-refractivity contribution in [1.29, 1.82) is 0 Å². The number of aliphatic hydroxyl groups excluding tert-OH is 1. The number of anilines is 1. The van der Waals surface area contributed by atoms with E-state index < -0.39 is 47.6 Å². The van der Waals surface area contributed by atoms with Gasteiger partial charge in [-0.2, -0.15) is 0 Å². The molecule has 0 radical (unpaired) electrons. The number of likely N-dealkylation sites (tertiary alicyclic amines) is 1. The number of carbonyl (C=O) groups is 4. The standard InChI is InChI=1S/C35H38BrN3O7/c1-21-13-14-22(2)25(18-21)38-15-8-4-7-12-27(41)37-20-26(23-10-5-3-6-11-23)45-34(44)28-29-32(42)39(16-9-17-40)31(33(38)43)35(29)19-24(36)30(28)46-35/h3-6,8,10-11,13-14,18-19,26,28-31,40H,7,9,12,15-17,20H2,1-2H3,(H,37,41)/b8-4-/t26-,28-,29+,30-,31-,35+/m0/s1. The third-order valence-corrected chi connectivity index (χ3v) is 10.00. The van der Waals surface area contributed by atoms with E-state index in [1.807, 2.05) is 74.5 Å². The minimum absolute atomic E-state index is 0.0570. The van der Waals surface area contributed by atoms with Gasteiger partial charge in [-0.15, -0.1) is 0 Å². The van der Waals surface area contributed by atoms with Gasteiger partial charge in [0.15, 0.2) is 0 Å². The van der Waals surface area contributed by atoms with E-state index >= 15 is 0 Å². The second-order valence-corrected chi connectivity index (χ2v) is 13.2. The molecular formula is C35H38BrN3O7. The van der Waals surface area contributed by atoms with Gasteiger partial charge in [0.25, 0.3) is 5.91 Å². The first-order valence-electron chi connectivity index (χ1n) is 15.7. The summed E-state index contributed by atoms with van der Waals surface area (Å²) in [5.74, 6) is -3.65. The lowest BCUT2D eigenvalue weighted by Crippen LogP contribution is -2.56. The summed E-state index contributed by atoms with van der Waals surface area (Å²) in [6, 6.07) is 13.9. The van der Waals surface area contributed by atoms with E-state index in [0.29, 0.717) is 22.2 Å². The van der Waals surface area contributed by atoms with Crippen molar-refractivity contribution in [1.82, 2.24) is 10.2 Å². The number of nitrogens with one attached hydrogen (secondary N) is 1. The summed E-state index contributed by atoms with van der Waals surface area (Å²) in [4.78, 5) is 59.3. The Kier molecular flexibility index (Phi) is 9.18. The summed E-state index contributed by atoms with van der Waals surface area (Å²) < 4.78 is 13.3. The van der Waals surface area contributed by atoms with Gasteiger partial charge in [-0.1, -0.05) is 70.5 Å². The zero-order valence-electron chi connectivity index (χ0n) is 25.9. The number of ether oxygens (including phenoxy) is 2. The number of aliphatic hydroxyl groups is 1. The van der Waals surface area contributed by atoms with Gasteiger partial charge in [-0.25, -0.2) is 0 Å². The minimum atomic E-state index is -1.43. The van der Waals surface area contributed by atoms with Crippen molar-refractivity contribution >= 4 is 45.3 Å². The number of amides is 3. The molecule has 3 amide bonds. The van der Waals surface area contributed by atoms with E-state index in [4.69, 9.17) is 9.47 Å². The van der Waals surface area contributed by atoms with Gasteiger partial charge in [0.1, 0.15) is 29.8 Å². The summed E-state index contributed by atoms with van der Waals surface area (Å²) in [6.07, 6.45) is 4.78. The molecule has 4 aliphatic heterocycles. The predicted molar refractivity (Wildman–Crippen MR) is 174 cm³/mol. The number of cyclic esters (lactones) is 1. The fourth-order valence-electron chi connectivity index (χ4n) is 7.13. The molecule has 6 rings (SSSR count). The van der Waals surface area contributed by atoms with Crippen LogP contribution in [0.15, 0.2) is 71.2 Å². The number of benzene rings is 2. The number of nitrogens with zero attached hydrogens (tertiary/aromatic N) is 2. The zero-order chi connectivity index (χ0) is 32.6. The molecular weight excluding hydrogens is 654 g/mol. The highest BCUT2D eigenvalue weighted by molar-refractivity contribution is 9.11. The van der Waals surface area contributed by atoms with Gasteiger partial charge in [-0.05, 0) is 55.5 Å². The highest BCUT2D eigenvalue weighted by atomic mass is 79.9. The molecule has 2 N–H and O–H groups in total. The van der Waals surface area contributed by atoms with Crippen LogP contribution in [0.3, 0.4) is 0 Å². The first-order valence-corrected chi connectivity index (χ1v) is 16.5. The van der Waals surface area contributed by atoms with Crippen molar-refractivity contribution in [3.05, 3.63) is 87.9 Å². The van der Waals surface area contributed by atoms with Crippen molar-refractivity contribution in [2.75, 3.05) is 31.1 Å². The summed E-state index contributed by atoms with van der Waals surface area (Å²) in [5.41, 5.74) is 1.80. The average Bonchev–Trinajstić information content (AvgIpc) is 3.64. The Bertz CT molecular complexity index is 1590. The van der Waals surface area contributed by atoms with E-state index in [2.05, 4.69) is 21.2 Å². The fraction of sp³-hybridized carbons (Fsp3) is 0.429. The van der Waals surface area contributed by atoms with Gasteiger partial charge in [0.2, 0.25) is 11.8 Å². The van der Waals surface area contributed by atoms with Crippen LogP contribution in [0.1, 0.15) is 42.1 Å². The molecule has 11 heteroatoms. The Hall–Kier alpha value is -3.80. The number of carbonyl (C=O) groups excluding carboxylic acids is 4. The zero-order valence-corrected chi connectivity index (χ0v) is 27.4. The fourth-order valence-corrected chi connectivity index (χ4v) is 7.87. The van der Waals surface area contributed by atoms with E-state index in [9.17, 15) is 24.3 Å². The van der Waals surface area contributed by atoms with Crippen molar-refractivity contribution in [3.8, 4) is 0 Å². The molecule has 46 heavy (non-hydrogen) atoms. The molecule has 242 valence electrons. The molecule has 2 saturated heterocycles. The van der Waals surface area contributed by atoms with Crippen LogP contribution in [0.25, 0.3) is 0 Å². The second-order valence-electron chi connectivity index (χ2n) is 12.3. The van der Waals surface area contributed by atoms with Gasteiger partial charge in [-0.3, -0.25) is 19.2 Å². The van der Waals surface area contributed by atoms with E-state index in [0.717, 1.165) is 11.1 Å². The highest BCUT2D eigenvalue weighted by Gasteiger charge is 2.75. The summed E-state index contributed by atoms with van der Waals surface area (Å²) in [5, 5.41) is 12.6. The maximum absolute atomic E-state index is 14.9.